The van der Waals surface area contributed by atoms with Crippen LogP contribution in [0.25, 0.3) is 0 Å². The van der Waals surface area contributed by atoms with Gasteiger partial charge in [0.15, 0.2) is 6.61 Å². The van der Waals surface area contributed by atoms with Crippen LogP contribution >= 0.6 is 15.9 Å². The SMILES string of the molecule is O=C(Cc1ccc(Br)cc1)OCC(=O)N(Cc1ccccc1)Cc1ccccc1. The lowest BCUT2D eigenvalue weighted by Crippen LogP contribution is -2.34. The summed E-state index contributed by atoms with van der Waals surface area (Å²) in [5, 5.41) is 0. The van der Waals surface area contributed by atoms with Crippen molar-refractivity contribution < 1.29 is 14.3 Å². The number of rotatable bonds is 8. The molecule has 0 spiro atoms. The van der Waals surface area contributed by atoms with Crippen LogP contribution in [0.5, 0.6) is 0 Å². The van der Waals surface area contributed by atoms with Gasteiger partial charge in [0.05, 0.1) is 6.42 Å². The summed E-state index contributed by atoms with van der Waals surface area (Å²) in [6.45, 7) is 0.646. The lowest BCUT2D eigenvalue weighted by molar-refractivity contribution is -0.152. The van der Waals surface area contributed by atoms with Gasteiger partial charge in [0, 0.05) is 17.6 Å². The Hall–Kier alpha value is -2.92. The van der Waals surface area contributed by atoms with Gasteiger partial charge in [-0.05, 0) is 28.8 Å². The maximum absolute atomic E-state index is 12.8. The standard InChI is InChI=1S/C24H22BrNO3/c25-22-13-11-19(12-14-22)15-24(28)29-18-23(27)26(16-20-7-3-1-4-8-20)17-21-9-5-2-6-10-21/h1-14H,15-18H2. The van der Waals surface area contributed by atoms with E-state index in [0.29, 0.717) is 13.1 Å². The van der Waals surface area contributed by atoms with E-state index in [9.17, 15) is 9.59 Å². The van der Waals surface area contributed by atoms with E-state index < -0.39 is 5.97 Å². The number of ether oxygens (including phenoxy) is 1. The molecule has 0 aliphatic carbocycles. The van der Waals surface area contributed by atoms with Crippen LogP contribution < -0.4 is 0 Å². The van der Waals surface area contributed by atoms with Crippen LogP contribution in [0.3, 0.4) is 0 Å². The second-order valence-corrected chi connectivity index (χ2v) is 7.60. The Labute approximate surface area is 179 Å². The average Bonchev–Trinajstić information content (AvgIpc) is 2.75. The summed E-state index contributed by atoms with van der Waals surface area (Å²) in [7, 11) is 0. The van der Waals surface area contributed by atoms with Crippen LogP contribution in [0.2, 0.25) is 0 Å². The van der Waals surface area contributed by atoms with Gasteiger partial charge in [0.2, 0.25) is 0 Å². The van der Waals surface area contributed by atoms with E-state index in [4.69, 9.17) is 4.74 Å². The van der Waals surface area contributed by atoms with Crippen molar-refractivity contribution in [3.8, 4) is 0 Å². The first-order valence-electron chi connectivity index (χ1n) is 9.36. The fraction of sp³-hybridized carbons (Fsp3) is 0.167. The monoisotopic (exact) mass is 451 g/mol. The van der Waals surface area contributed by atoms with E-state index in [1.807, 2.05) is 84.9 Å². The van der Waals surface area contributed by atoms with Crippen molar-refractivity contribution in [3.63, 3.8) is 0 Å². The van der Waals surface area contributed by atoms with Crippen LogP contribution in [0.1, 0.15) is 16.7 Å². The molecule has 3 aromatic carbocycles. The fourth-order valence-corrected chi connectivity index (χ4v) is 3.16. The molecule has 5 heteroatoms. The normalized spacial score (nSPS) is 10.4. The molecule has 0 aliphatic heterocycles. The summed E-state index contributed by atoms with van der Waals surface area (Å²) in [6.07, 6.45) is 0.137. The Balaban J connectivity index is 1.60. The molecule has 0 saturated heterocycles. The van der Waals surface area contributed by atoms with Gasteiger partial charge >= 0.3 is 5.97 Å². The number of carbonyl (C=O) groups is 2. The summed E-state index contributed by atoms with van der Waals surface area (Å²) in [4.78, 5) is 26.6. The highest BCUT2D eigenvalue weighted by molar-refractivity contribution is 9.10. The highest BCUT2D eigenvalue weighted by atomic mass is 79.9. The molecule has 0 bridgehead atoms. The Bertz CT molecular complexity index is 886. The summed E-state index contributed by atoms with van der Waals surface area (Å²) < 4.78 is 6.20. The number of halogens is 1. The molecule has 0 atom stereocenters. The van der Waals surface area contributed by atoms with E-state index in [0.717, 1.165) is 21.2 Å². The maximum atomic E-state index is 12.8. The molecule has 0 aliphatic rings. The molecule has 3 aromatic rings. The molecule has 0 N–H and O–H groups in total. The molecule has 3 rings (SSSR count). The molecule has 0 aromatic heterocycles. The lowest BCUT2D eigenvalue weighted by atomic mass is 10.1. The van der Waals surface area contributed by atoms with E-state index in [2.05, 4.69) is 15.9 Å². The zero-order chi connectivity index (χ0) is 20.5. The Kier molecular flexibility index (Phi) is 7.59. The number of carbonyl (C=O) groups excluding carboxylic acids is 2. The molecule has 0 radical (unpaired) electrons. The summed E-state index contributed by atoms with van der Waals surface area (Å²) in [5.41, 5.74) is 2.90. The van der Waals surface area contributed by atoms with Crippen molar-refractivity contribution in [3.05, 3.63) is 106 Å². The first-order chi connectivity index (χ1) is 14.1. The van der Waals surface area contributed by atoms with Crippen molar-refractivity contribution in [1.82, 2.24) is 4.90 Å². The number of benzene rings is 3. The Morgan fingerprint density at radius 2 is 1.24 bits per heavy atom. The topological polar surface area (TPSA) is 46.6 Å². The van der Waals surface area contributed by atoms with Gasteiger partial charge in [0.25, 0.3) is 5.91 Å². The lowest BCUT2D eigenvalue weighted by Gasteiger charge is -2.23. The Morgan fingerprint density at radius 3 is 1.76 bits per heavy atom. The van der Waals surface area contributed by atoms with Crippen LogP contribution in [-0.4, -0.2) is 23.4 Å². The van der Waals surface area contributed by atoms with Gasteiger partial charge in [-0.25, -0.2) is 0 Å². The molecular weight excluding hydrogens is 430 g/mol. The van der Waals surface area contributed by atoms with Crippen LogP contribution in [0.4, 0.5) is 0 Å². The summed E-state index contributed by atoms with van der Waals surface area (Å²) >= 11 is 3.37. The highest BCUT2D eigenvalue weighted by Crippen LogP contribution is 2.13. The predicted octanol–water partition coefficient (Wildman–Crippen LogP) is 4.76. The Morgan fingerprint density at radius 1 is 0.724 bits per heavy atom. The molecular formula is C24H22BrNO3. The number of hydrogen-bond donors (Lipinski definition) is 0. The van der Waals surface area contributed by atoms with Crippen LogP contribution in [-0.2, 0) is 33.8 Å². The van der Waals surface area contributed by atoms with Gasteiger partial charge in [-0.3, -0.25) is 9.59 Å². The third kappa shape index (κ3) is 6.88. The molecule has 148 valence electrons. The van der Waals surface area contributed by atoms with Gasteiger partial charge in [-0.1, -0.05) is 88.7 Å². The summed E-state index contributed by atoms with van der Waals surface area (Å²) in [6, 6.07) is 27.0. The number of amides is 1. The third-order valence-electron chi connectivity index (χ3n) is 4.40. The number of esters is 1. The van der Waals surface area contributed by atoms with E-state index in [1.54, 1.807) is 4.90 Å². The van der Waals surface area contributed by atoms with Crippen molar-refractivity contribution in [2.45, 2.75) is 19.5 Å². The van der Waals surface area contributed by atoms with E-state index in [1.165, 1.54) is 0 Å². The van der Waals surface area contributed by atoms with Crippen LogP contribution in [0, 0.1) is 0 Å². The van der Waals surface area contributed by atoms with Crippen molar-refractivity contribution in [1.29, 1.82) is 0 Å². The van der Waals surface area contributed by atoms with Crippen molar-refractivity contribution in [2.75, 3.05) is 6.61 Å². The van der Waals surface area contributed by atoms with E-state index >= 15 is 0 Å². The molecule has 0 heterocycles. The molecule has 1 amide bonds. The highest BCUT2D eigenvalue weighted by Gasteiger charge is 2.17. The second-order valence-electron chi connectivity index (χ2n) is 6.68. The largest absolute Gasteiger partial charge is 0.455 e. The third-order valence-corrected chi connectivity index (χ3v) is 4.93. The van der Waals surface area contributed by atoms with E-state index in [-0.39, 0.29) is 18.9 Å². The minimum Gasteiger partial charge on any atom is -0.455 e. The maximum Gasteiger partial charge on any atom is 0.310 e. The number of hydrogen-bond acceptors (Lipinski definition) is 3. The molecule has 0 fully saturated rings. The average molecular weight is 452 g/mol. The first kappa shape index (κ1) is 20.8. The van der Waals surface area contributed by atoms with Gasteiger partial charge in [-0.2, -0.15) is 0 Å². The molecule has 0 unspecified atom stereocenters. The first-order valence-corrected chi connectivity index (χ1v) is 10.1. The smallest absolute Gasteiger partial charge is 0.310 e. The van der Waals surface area contributed by atoms with Crippen molar-refractivity contribution >= 4 is 27.8 Å². The number of nitrogens with zero attached hydrogens (tertiary/aromatic N) is 1. The van der Waals surface area contributed by atoms with Gasteiger partial charge in [0.1, 0.15) is 0 Å². The predicted molar refractivity (Wildman–Crippen MR) is 116 cm³/mol. The zero-order valence-electron chi connectivity index (χ0n) is 16.0. The second kappa shape index (κ2) is 10.6. The van der Waals surface area contributed by atoms with Gasteiger partial charge in [-0.15, -0.1) is 0 Å². The van der Waals surface area contributed by atoms with Crippen LogP contribution in [0.15, 0.2) is 89.4 Å². The van der Waals surface area contributed by atoms with Gasteiger partial charge < -0.3 is 9.64 Å². The minimum absolute atomic E-state index is 0.137. The molecule has 0 saturated carbocycles. The minimum atomic E-state index is -0.417. The van der Waals surface area contributed by atoms with Crippen molar-refractivity contribution in [2.24, 2.45) is 0 Å². The molecule has 29 heavy (non-hydrogen) atoms. The quantitative estimate of drug-likeness (QED) is 0.463. The molecule has 4 nitrogen and oxygen atoms in total. The fourth-order valence-electron chi connectivity index (χ4n) is 2.89. The zero-order valence-corrected chi connectivity index (χ0v) is 17.5. The summed E-state index contributed by atoms with van der Waals surface area (Å²) in [5.74, 6) is -0.637.